The average molecular weight is 351 g/mol. The highest BCUT2D eigenvalue weighted by molar-refractivity contribution is 9.10. The molecule has 0 aliphatic carbocycles. The predicted octanol–water partition coefficient (Wildman–Crippen LogP) is 5.22. The summed E-state index contributed by atoms with van der Waals surface area (Å²) in [6.07, 6.45) is 0.806. The van der Waals surface area contributed by atoms with Gasteiger partial charge in [0.25, 0.3) is 0 Å². The van der Waals surface area contributed by atoms with Gasteiger partial charge in [-0.05, 0) is 30.7 Å². The SMILES string of the molecule is CCC(Nc1cc(Br)ccc1N(C)C)c1ccccc1F. The molecule has 0 aliphatic rings. The highest BCUT2D eigenvalue weighted by Gasteiger charge is 2.15. The van der Waals surface area contributed by atoms with Crippen molar-refractivity contribution in [1.29, 1.82) is 0 Å². The molecule has 4 heteroatoms. The molecule has 0 radical (unpaired) electrons. The van der Waals surface area contributed by atoms with E-state index >= 15 is 0 Å². The Labute approximate surface area is 134 Å². The molecular formula is C17H20BrFN2. The van der Waals surface area contributed by atoms with Crippen LogP contribution in [0.3, 0.4) is 0 Å². The van der Waals surface area contributed by atoms with Gasteiger partial charge in [0.15, 0.2) is 0 Å². The molecule has 0 spiro atoms. The van der Waals surface area contributed by atoms with Crippen LogP contribution in [0.15, 0.2) is 46.9 Å². The average Bonchev–Trinajstić information content (AvgIpc) is 2.45. The van der Waals surface area contributed by atoms with Gasteiger partial charge in [0, 0.05) is 24.1 Å². The van der Waals surface area contributed by atoms with Crippen molar-refractivity contribution in [3.63, 3.8) is 0 Å². The summed E-state index contributed by atoms with van der Waals surface area (Å²) in [5.74, 6) is -0.168. The predicted molar refractivity (Wildman–Crippen MR) is 91.5 cm³/mol. The number of rotatable bonds is 5. The Bertz CT molecular complexity index is 613. The molecule has 1 N–H and O–H groups in total. The molecule has 21 heavy (non-hydrogen) atoms. The minimum atomic E-state index is -0.168. The number of nitrogens with one attached hydrogen (secondary N) is 1. The van der Waals surface area contributed by atoms with Crippen molar-refractivity contribution in [1.82, 2.24) is 0 Å². The third-order valence-corrected chi connectivity index (χ3v) is 3.95. The van der Waals surface area contributed by atoms with Crippen LogP contribution in [0.2, 0.25) is 0 Å². The summed E-state index contributed by atoms with van der Waals surface area (Å²) < 4.78 is 15.0. The fourth-order valence-electron chi connectivity index (χ4n) is 2.36. The zero-order valence-electron chi connectivity index (χ0n) is 12.5. The first-order valence-electron chi connectivity index (χ1n) is 7.00. The van der Waals surface area contributed by atoms with E-state index in [0.717, 1.165) is 22.3 Å². The number of halogens is 2. The molecule has 0 saturated carbocycles. The van der Waals surface area contributed by atoms with Gasteiger partial charge >= 0.3 is 0 Å². The lowest BCUT2D eigenvalue weighted by atomic mass is 10.0. The van der Waals surface area contributed by atoms with E-state index in [0.29, 0.717) is 5.56 Å². The van der Waals surface area contributed by atoms with Crippen LogP contribution in [0.25, 0.3) is 0 Å². The monoisotopic (exact) mass is 350 g/mol. The van der Waals surface area contributed by atoms with Crippen molar-refractivity contribution < 1.29 is 4.39 Å². The second kappa shape index (κ2) is 6.94. The Morgan fingerprint density at radius 1 is 1.19 bits per heavy atom. The van der Waals surface area contributed by atoms with Crippen LogP contribution < -0.4 is 10.2 Å². The standard InChI is InChI=1S/C17H20BrFN2/c1-4-15(13-7-5-6-8-14(13)19)20-16-11-12(18)9-10-17(16)21(2)3/h5-11,15,20H,4H2,1-3H3. The molecule has 0 aliphatic heterocycles. The van der Waals surface area contributed by atoms with Crippen LogP contribution >= 0.6 is 15.9 Å². The second-order valence-corrected chi connectivity index (χ2v) is 6.10. The smallest absolute Gasteiger partial charge is 0.128 e. The first kappa shape index (κ1) is 15.8. The van der Waals surface area contributed by atoms with Gasteiger partial charge in [-0.15, -0.1) is 0 Å². The van der Waals surface area contributed by atoms with Crippen molar-refractivity contribution in [3.05, 3.63) is 58.3 Å². The maximum Gasteiger partial charge on any atom is 0.128 e. The molecule has 0 amide bonds. The lowest BCUT2D eigenvalue weighted by molar-refractivity contribution is 0.587. The van der Waals surface area contributed by atoms with Gasteiger partial charge < -0.3 is 10.2 Å². The Kier molecular flexibility index (Phi) is 5.23. The zero-order valence-corrected chi connectivity index (χ0v) is 14.1. The fourth-order valence-corrected chi connectivity index (χ4v) is 2.72. The summed E-state index contributed by atoms with van der Waals surface area (Å²) in [5.41, 5.74) is 2.77. The van der Waals surface area contributed by atoms with Gasteiger partial charge in [-0.25, -0.2) is 4.39 Å². The summed E-state index contributed by atoms with van der Waals surface area (Å²) in [6.45, 7) is 2.05. The number of nitrogens with zero attached hydrogens (tertiary/aromatic N) is 1. The lowest BCUT2D eigenvalue weighted by Crippen LogP contribution is -2.16. The number of hydrogen-bond donors (Lipinski definition) is 1. The third-order valence-electron chi connectivity index (χ3n) is 3.46. The molecule has 0 heterocycles. The highest BCUT2D eigenvalue weighted by Crippen LogP contribution is 2.32. The lowest BCUT2D eigenvalue weighted by Gasteiger charge is -2.24. The maximum absolute atomic E-state index is 14.0. The molecule has 2 nitrogen and oxygen atoms in total. The van der Waals surface area contributed by atoms with Crippen molar-refractivity contribution in [2.45, 2.75) is 19.4 Å². The molecule has 0 bridgehead atoms. The molecule has 112 valence electrons. The van der Waals surface area contributed by atoms with Gasteiger partial charge in [-0.2, -0.15) is 0 Å². The highest BCUT2D eigenvalue weighted by atomic mass is 79.9. The van der Waals surface area contributed by atoms with Crippen LogP contribution in [0, 0.1) is 5.82 Å². The van der Waals surface area contributed by atoms with Gasteiger partial charge in [0.2, 0.25) is 0 Å². The van der Waals surface area contributed by atoms with Crippen molar-refractivity contribution >= 4 is 27.3 Å². The number of hydrogen-bond acceptors (Lipinski definition) is 2. The van der Waals surface area contributed by atoms with Crippen LogP contribution in [0.5, 0.6) is 0 Å². The minimum Gasteiger partial charge on any atom is -0.376 e. The normalized spacial score (nSPS) is 12.0. The molecule has 1 atom stereocenters. The fraction of sp³-hybridized carbons (Fsp3) is 0.294. The molecule has 2 rings (SSSR count). The summed E-state index contributed by atoms with van der Waals surface area (Å²) in [6, 6.07) is 13.0. The van der Waals surface area contributed by atoms with Crippen molar-refractivity contribution in [2.24, 2.45) is 0 Å². The van der Waals surface area contributed by atoms with Crippen LogP contribution in [-0.4, -0.2) is 14.1 Å². The summed E-state index contributed by atoms with van der Waals surface area (Å²) in [5, 5.41) is 3.46. The van der Waals surface area contributed by atoms with E-state index in [-0.39, 0.29) is 11.9 Å². The molecule has 0 saturated heterocycles. The quantitative estimate of drug-likeness (QED) is 0.795. The summed E-state index contributed by atoms with van der Waals surface area (Å²) >= 11 is 3.50. The molecule has 1 unspecified atom stereocenters. The van der Waals surface area contributed by atoms with Crippen LogP contribution in [-0.2, 0) is 0 Å². The first-order valence-corrected chi connectivity index (χ1v) is 7.80. The minimum absolute atomic E-state index is 0.0563. The Morgan fingerprint density at radius 3 is 2.52 bits per heavy atom. The molecule has 0 aromatic heterocycles. The Balaban J connectivity index is 2.35. The van der Waals surface area contributed by atoms with E-state index in [4.69, 9.17) is 0 Å². The zero-order chi connectivity index (χ0) is 15.4. The molecule has 0 fully saturated rings. The first-order chi connectivity index (χ1) is 10.0. The summed E-state index contributed by atoms with van der Waals surface area (Å²) in [7, 11) is 4.00. The third kappa shape index (κ3) is 3.76. The Morgan fingerprint density at radius 2 is 1.90 bits per heavy atom. The number of anilines is 2. The van der Waals surface area contributed by atoms with Gasteiger partial charge in [-0.3, -0.25) is 0 Å². The van der Waals surface area contributed by atoms with E-state index in [1.54, 1.807) is 6.07 Å². The largest absolute Gasteiger partial charge is 0.376 e. The van der Waals surface area contributed by atoms with Crippen molar-refractivity contribution in [2.75, 3.05) is 24.3 Å². The molecule has 2 aromatic carbocycles. The van der Waals surface area contributed by atoms with E-state index in [1.807, 2.05) is 49.3 Å². The van der Waals surface area contributed by atoms with Crippen LogP contribution in [0.4, 0.5) is 15.8 Å². The van der Waals surface area contributed by atoms with Gasteiger partial charge in [0.1, 0.15) is 5.82 Å². The Hall–Kier alpha value is -1.55. The van der Waals surface area contributed by atoms with Crippen molar-refractivity contribution in [3.8, 4) is 0 Å². The van der Waals surface area contributed by atoms with E-state index < -0.39 is 0 Å². The second-order valence-electron chi connectivity index (χ2n) is 5.18. The topological polar surface area (TPSA) is 15.3 Å². The van der Waals surface area contributed by atoms with E-state index in [9.17, 15) is 4.39 Å². The van der Waals surface area contributed by atoms with E-state index in [2.05, 4.69) is 28.2 Å². The molecular weight excluding hydrogens is 331 g/mol. The van der Waals surface area contributed by atoms with Gasteiger partial charge in [-0.1, -0.05) is 41.1 Å². The van der Waals surface area contributed by atoms with Crippen LogP contribution in [0.1, 0.15) is 24.9 Å². The number of benzene rings is 2. The maximum atomic E-state index is 14.0. The molecule has 2 aromatic rings. The van der Waals surface area contributed by atoms with Gasteiger partial charge in [0.05, 0.1) is 17.4 Å². The summed E-state index contributed by atoms with van der Waals surface area (Å²) in [4.78, 5) is 2.04. The van der Waals surface area contributed by atoms with E-state index in [1.165, 1.54) is 6.07 Å².